The minimum absolute atomic E-state index is 0.262. The van der Waals surface area contributed by atoms with E-state index in [4.69, 9.17) is 0 Å². The maximum Gasteiger partial charge on any atom is 0.223 e. The van der Waals surface area contributed by atoms with Gasteiger partial charge in [0.15, 0.2) is 0 Å². The van der Waals surface area contributed by atoms with E-state index < -0.39 is 0 Å². The second kappa shape index (κ2) is 5.75. The lowest BCUT2D eigenvalue weighted by Gasteiger charge is -2.22. The molecule has 1 atom stereocenters. The van der Waals surface area contributed by atoms with Crippen LogP contribution in [0.3, 0.4) is 0 Å². The Morgan fingerprint density at radius 2 is 2.13 bits per heavy atom. The molecular weight excluding hydrogens is 208 g/mol. The molecule has 4 heteroatoms. The molecule has 0 aromatic carbocycles. The maximum atomic E-state index is 11.8. The second-order valence-corrected chi connectivity index (χ2v) is 5.81. The zero-order valence-corrected chi connectivity index (χ0v) is 9.94. The predicted octanol–water partition coefficient (Wildman–Crippen LogP) is 0.998. The van der Waals surface area contributed by atoms with Gasteiger partial charge in [0.05, 0.1) is 0 Å². The minimum atomic E-state index is 0.262. The summed E-state index contributed by atoms with van der Waals surface area (Å²) in [6, 6.07) is 0. The molecule has 2 aliphatic rings. The van der Waals surface area contributed by atoms with Gasteiger partial charge in [-0.1, -0.05) is 0 Å². The first-order valence-electron chi connectivity index (χ1n) is 5.96. The Labute approximate surface area is 95.8 Å². The van der Waals surface area contributed by atoms with E-state index >= 15 is 0 Å². The summed E-state index contributed by atoms with van der Waals surface area (Å²) in [5.74, 6) is 1.81. The highest BCUT2D eigenvalue weighted by Crippen LogP contribution is 2.25. The molecule has 2 aliphatic heterocycles. The Morgan fingerprint density at radius 1 is 1.33 bits per heavy atom. The monoisotopic (exact) mass is 228 g/mol. The molecule has 2 fully saturated rings. The van der Waals surface area contributed by atoms with Crippen LogP contribution in [-0.2, 0) is 4.79 Å². The second-order valence-electron chi connectivity index (χ2n) is 4.40. The van der Waals surface area contributed by atoms with Crippen LogP contribution in [0.4, 0.5) is 0 Å². The maximum absolute atomic E-state index is 11.8. The van der Waals surface area contributed by atoms with E-state index in [9.17, 15) is 4.79 Å². The average molecular weight is 228 g/mol. The third kappa shape index (κ3) is 3.38. The molecule has 3 nitrogen and oxygen atoms in total. The van der Waals surface area contributed by atoms with Gasteiger partial charge in [-0.05, 0) is 44.5 Å². The summed E-state index contributed by atoms with van der Waals surface area (Å²) in [4.78, 5) is 11.8. The van der Waals surface area contributed by atoms with E-state index in [2.05, 4.69) is 10.6 Å². The molecule has 2 N–H and O–H groups in total. The number of rotatable bonds is 3. The van der Waals surface area contributed by atoms with Crippen molar-refractivity contribution < 1.29 is 4.79 Å². The van der Waals surface area contributed by atoms with E-state index in [1.807, 2.05) is 11.8 Å². The van der Waals surface area contributed by atoms with Crippen molar-refractivity contribution in [3.63, 3.8) is 0 Å². The van der Waals surface area contributed by atoms with Crippen molar-refractivity contribution in [3.8, 4) is 0 Å². The highest BCUT2D eigenvalue weighted by Gasteiger charge is 2.22. The van der Waals surface area contributed by atoms with Gasteiger partial charge in [-0.25, -0.2) is 0 Å². The summed E-state index contributed by atoms with van der Waals surface area (Å²) in [6.07, 6.45) is 4.60. The molecule has 0 aromatic heterocycles. The molecule has 0 bridgehead atoms. The number of piperidine rings is 1. The van der Waals surface area contributed by atoms with Gasteiger partial charge in [0, 0.05) is 17.7 Å². The number of amides is 1. The van der Waals surface area contributed by atoms with Gasteiger partial charge in [-0.3, -0.25) is 4.79 Å². The lowest BCUT2D eigenvalue weighted by molar-refractivity contribution is -0.125. The number of nitrogens with one attached hydrogen (secondary N) is 2. The van der Waals surface area contributed by atoms with Crippen LogP contribution >= 0.6 is 11.8 Å². The van der Waals surface area contributed by atoms with Crippen molar-refractivity contribution in [1.82, 2.24) is 10.6 Å². The van der Waals surface area contributed by atoms with Gasteiger partial charge in [0.1, 0.15) is 0 Å². The van der Waals surface area contributed by atoms with Crippen LogP contribution in [0.25, 0.3) is 0 Å². The highest BCUT2D eigenvalue weighted by atomic mass is 32.2. The molecule has 0 saturated carbocycles. The molecule has 0 spiro atoms. The van der Waals surface area contributed by atoms with Crippen molar-refractivity contribution >= 4 is 17.7 Å². The topological polar surface area (TPSA) is 41.1 Å². The lowest BCUT2D eigenvalue weighted by Crippen LogP contribution is -2.40. The first-order valence-corrected chi connectivity index (χ1v) is 7.01. The number of carbonyl (C=O) groups is 1. The van der Waals surface area contributed by atoms with Gasteiger partial charge >= 0.3 is 0 Å². The quantitative estimate of drug-likeness (QED) is 0.757. The summed E-state index contributed by atoms with van der Waals surface area (Å²) in [5, 5.41) is 7.07. The van der Waals surface area contributed by atoms with E-state index in [1.54, 1.807) is 0 Å². The fourth-order valence-electron chi connectivity index (χ4n) is 2.25. The van der Waals surface area contributed by atoms with E-state index in [1.165, 1.54) is 18.6 Å². The van der Waals surface area contributed by atoms with Crippen molar-refractivity contribution in [2.75, 3.05) is 25.4 Å². The van der Waals surface area contributed by atoms with Gasteiger partial charge in [-0.2, -0.15) is 11.8 Å². The van der Waals surface area contributed by atoms with Gasteiger partial charge in [0.25, 0.3) is 0 Å². The van der Waals surface area contributed by atoms with Crippen LogP contribution in [0.5, 0.6) is 0 Å². The van der Waals surface area contributed by atoms with Crippen LogP contribution in [0, 0.1) is 5.92 Å². The molecule has 1 amide bonds. The summed E-state index contributed by atoms with van der Waals surface area (Å²) in [7, 11) is 0. The third-order valence-electron chi connectivity index (χ3n) is 3.24. The first kappa shape index (κ1) is 11.3. The van der Waals surface area contributed by atoms with E-state index in [0.717, 1.165) is 32.5 Å². The number of hydrogen-bond donors (Lipinski definition) is 2. The lowest BCUT2D eigenvalue weighted by atomic mass is 9.97. The van der Waals surface area contributed by atoms with Crippen molar-refractivity contribution in [1.29, 1.82) is 0 Å². The van der Waals surface area contributed by atoms with Crippen molar-refractivity contribution in [2.24, 2.45) is 5.92 Å². The summed E-state index contributed by atoms with van der Waals surface area (Å²) in [5.41, 5.74) is 0. The molecule has 2 saturated heterocycles. The molecule has 2 rings (SSSR count). The number of thioether (sulfide) groups is 1. The van der Waals surface area contributed by atoms with Crippen LogP contribution in [0.1, 0.15) is 25.7 Å². The molecule has 2 heterocycles. The number of carbonyl (C=O) groups excluding carboxylic acids is 1. The van der Waals surface area contributed by atoms with Crippen LogP contribution in [-0.4, -0.2) is 36.5 Å². The Hall–Kier alpha value is -0.220. The van der Waals surface area contributed by atoms with Crippen LogP contribution in [0.15, 0.2) is 0 Å². The fourth-order valence-corrected chi connectivity index (χ4v) is 3.45. The van der Waals surface area contributed by atoms with Crippen LogP contribution < -0.4 is 10.6 Å². The SMILES string of the molecule is O=C(NCC1CCCS1)C1CCNCC1. The minimum Gasteiger partial charge on any atom is -0.355 e. The third-order valence-corrected chi connectivity index (χ3v) is 4.64. The largest absolute Gasteiger partial charge is 0.355 e. The zero-order valence-electron chi connectivity index (χ0n) is 9.13. The molecular formula is C11H20N2OS. The molecule has 15 heavy (non-hydrogen) atoms. The molecule has 86 valence electrons. The predicted molar refractivity (Wildman–Crippen MR) is 64.1 cm³/mol. The molecule has 0 aliphatic carbocycles. The first-order chi connectivity index (χ1) is 7.36. The van der Waals surface area contributed by atoms with Crippen LogP contribution in [0.2, 0.25) is 0 Å². The Bertz CT molecular complexity index is 211. The summed E-state index contributed by atoms with van der Waals surface area (Å²) >= 11 is 2.00. The van der Waals surface area contributed by atoms with Gasteiger partial charge < -0.3 is 10.6 Å². The molecule has 0 aromatic rings. The molecule has 1 unspecified atom stereocenters. The number of hydrogen-bond acceptors (Lipinski definition) is 3. The average Bonchev–Trinajstić information content (AvgIpc) is 2.80. The molecule has 0 radical (unpaired) electrons. The summed E-state index contributed by atoms with van der Waals surface area (Å²) < 4.78 is 0. The van der Waals surface area contributed by atoms with Crippen molar-refractivity contribution in [2.45, 2.75) is 30.9 Å². The Kier molecular flexibility index (Phi) is 4.32. The van der Waals surface area contributed by atoms with Gasteiger partial charge in [0.2, 0.25) is 5.91 Å². The fraction of sp³-hybridized carbons (Fsp3) is 0.909. The smallest absolute Gasteiger partial charge is 0.223 e. The standard InChI is InChI=1S/C11H20N2OS/c14-11(9-3-5-12-6-4-9)13-8-10-2-1-7-15-10/h9-10,12H,1-8H2,(H,13,14). The Balaban J connectivity index is 1.66. The normalized spacial score (nSPS) is 27.9. The van der Waals surface area contributed by atoms with Crippen molar-refractivity contribution in [3.05, 3.63) is 0 Å². The zero-order chi connectivity index (χ0) is 10.5. The van der Waals surface area contributed by atoms with Gasteiger partial charge in [-0.15, -0.1) is 0 Å². The van der Waals surface area contributed by atoms with E-state index in [0.29, 0.717) is 5.25 Å². The highest BCUT2D eigenvalue weighted by molar-refractivity contribution is 8.00. The Morgan fingerprint density at radius 3 is 2.80 bits per heavy atom. The van der Waals surface area contributed by atoms with E-state index in [-0.39, 0.29) is 11.8 Å². The summed E-state index contributed by atoms with van der Waals surface area (Å²) in [6.45, 7) is 2.87.